The second-order valence-corrected chi connectivity index (χ2v) is 5.74. The zero-order valence-electron chi connectivity index (χ0n) is 14.1. The standard InChI is InChI=1S/C20H16N4O2/c1-14(16-7-5-6-15(12-16)13-21)22-20(26)18-10-11-19(25)24(23-18)17-8-3-2-4-9-17/h2-12,14H,1H3,(H,22,26)/t14-/m1/s1. The minimum atomic E-state index is -0.399. The number of nitrogens with zero attached hydrogens (tertiary/aromatic N) is 3. The molecule has 1 atom stereocenters. The highest BCUT2D eigenvalue weighted by atomic mass is 16.2. The maximum atomic E-state index is 12.5. The van der Waals surface area contributed by atoms with Crippen molar-refractivity contribution in [2.45, 2.75) is 13.0 Å². The first kappa shape index (κ1) is 17.1. The van der Waals surface area contributed by atoms with Crippen molar-refractivity contribution in [2.24, 2.45) is 0 Å². The molecule has 3 rings (SSSR count). The molecule has 0 unspecified atom stereocenters. The van der Waals surface area contributed by atoms with E-state index in [1.54, 1.807) is 42.5 Å². The number of rotatable bonds is 4. The lowest BCUT2D eigenvalue weighted by Crippen LogP contribution is -2.30. The second kappa shape index (κ2) is 7.45. The lowest BCUT2D eigenvalue weighted by atomic mass is 10.1. The minimum absolute atomic E-state index is 0.136. The number of benzene rings is 2. The van der Waals surface area contributed by atoms with Crippen LogP contribution >= 0.6 is 0 Å². The molecule has 0 aliphatic rings. The van der Waals surface area contributed by atoms with E-state index in [9.17, 15) is 9.59 Å². The van der Waals surface area contributed by atoms with Gasteiger partial charge in [-0.15, -0.1) is 0 Å². The molecule has 6 heteroatoms. The normalized spacial score (nSPS) is 11.4. The van der Waals surface area contributed by atoms with Crippen LogP contribution in [0.1, 0.15) is 34.6 Å². The molecule has 0 fully saturated rings. The number of hydrogen-bond acceptors (Lipinski definition) is 4. The molecule has 1 N–H and O–H groups in total. The molecule has 26 heavy (non-hydrogen) atoms. The topological polar surface area (TPSA) is 87.8 Å². The Labute approximate surface area is 150 Å². The number of carbonyl (C=O) groups excluding carboxylic acids is 1. The SMILES string of the molecule is C[C@@H](NC(=O)c1ccc(=O)n(-c2ccccc2)n1)c1cccc(C#N)c1. The van der Waals surface area contributed by atoms with E-state index in [-0.39, 0.29) is 17.3 Å². The molecule has 0 bridgehead atoms. The van der Waals surface area contributed by atoms with Crippen LogP contribution in [-0.4, -0.2) is 15.7 Å². The van der Waals surface area contributed by atoms with Gasteiger partial charge in [0, 0.05) is 6.07 Å². The van der Waals surface area contributed by atoms with Gasteiger partial charge in [-0.2, -0.15) is 15.0 Å². The molecule has 0 spiro atoms. The van der Waals surface area contributed by atoms with Crippen molar-refractivity contribution < 1.29 is 4.79 Å². The summed E-state index contributed by atoms with van der Waals surface area (Å²) in [7, 11) is 0. The molecule has 1 amide bonds. The van der Waals surface area contributed by atoms with E-state index in [1.165, 1.54) is 16.8 Å². The Hall–Kier alpha value is -3.72. The number of nitriles is 1. The zero-order chi connectivity index (χ0) is 18.5. The van der Waals surface area contributed by atoms with Gasteiger partial charge in [0.1, 0.15) is 5.69 Å². The van der Waals surface area contributed by atoms with Crippen LogP contribution in [0.4, 0.5) is 0 Å². The predicted molar refractivity (Wildman–Crippen MR) is 96.9 cm³/mol. The first-order valence-electron chi connectivity index (χ1n) is 8.05. The summed E-state index contributed by atoms with van der Waals surface area (Å²) in [6.45, 7) is 1.82. The fraction of sp³-hybridized carbons (Fsp3) is 0.100. The fourth-order valence-electron chi connectivity index (χ4n) is 2.52. The van der Waals surface area contributed by atoms with Crippen molar-refractivity contribution in [3.05, 3.63) is 93.9 Å². The van der Waals surface area contributed by atoms with E-state index in [2.05, 4.69) is 16.5 Å². The van der Waals surface area contributed by atoms with Crippen molar-refractivity contribution in [1.82, 2.24) is 15.1 Å². The molecule has 0 aliphatic carbocycles. The highest BCUT2D eigenvalue weighted by molar-refractivity contribution is 5.92. The van der Waals surface area contributed by atoms with E-state index in [4.69, 9.17) is 5.26 Å². The van der Waals surface area contributed by atoms with Crippen LogP contribution in [0.3, 0.4) is 0 Å². The average Bonchev–Trinajstić information content (AvgIpc) is 2.69. The molecule has 1 aromatic heterocycles. The molecule has 6 nitrogen and oxygen atoms in total. The fourth-order valence-corrected chi connectivity index (χ4v) is 2.52. The highest BCUT2D eigenvalue weighted by Crippen LogP contribution is 2.14. The van der Waals surface area contributed by atoms with Gasteiger partial charge in [-0.25, -0.2) is 0 Å². The summed E-state index contributed by atoms with van der Waals surface area (Å²) >= 11 is 0. The van der Waals surface area contributed by atoms with Crippen molar-refractivity contribution in [3.8, 4) is 11.8 Å². The Kier molecular flexibility index (Phi) is 4.90. The third-order valence-corrected chi connectivity index (χ3v) is 3.90. The number of para-hydroxylation sites is 1. The van der Waals surface area contributed by atoms with Crippen LogP contribution < -0.4 is 10.9 Å². The van der Waals surface area contributed by atoms with Crippen LogP contribution in [0.5, 0.6) is 0 Å². The molecule has 128 valence electrons. The van der Waals surface area contributed by atoms with Crippen molar-refractivity contribution >= 4 is 5.91 Å². The van der Waals surface area contributed by atoms with Crippen LogP contribution in [0.2, 0.25) is 0 Å². The van der Waals surface area contributed by atoms with E-state index in [1.807, 2.05) is 19.1 Å². The molecule has 3 aromatic rings. The van der Waals surface area contributed by atoms with Gasteiger partial charge in [0.2, 0.25) is 0 Å². The third kappa shape index (κ3) is 3.68. The largest absolute Gasteiger partial charge is 0.344 e. The Bertz CT molecular complexity index is 1040. The number of amides is 1. The van der Waals surface area contributed by atoms with Gasteiger partial charge in [-0.1, -0.05) is 30.3 Å². The average molecular weight is 344 g/mol. The molecular weight excluding hydrogens is 328 g/mol. The molecule has 0 radical (unpaired) electrons. The van der Waals surface area contributed by atoms with Crippen LogP contribution in [0, 0.1) is 11.3 Å². The van der Waals surface area contributed by atoms with E-state index >= 15 is 0 Å². The van der Waals surface area contributed by atoms with Crippen molar-refractivity contribution in [1.29, 1.82) is 5.26 Å². The summed E-state index contributed by atoms with van der Waals surface area (Å²) in [5.74, 6) is -0.399. The Morgan fingerprint density at radius 2 is 1.88 bits per heavy atom. The van der Waals surface area contributed by atoms with Gasteiger partial charge in [-0.3, -0.25) is 9.59 Å². The molecule has 1 heterocycles. The Morgan fingerprint density at radius 3 is 2.62 bits per heavy atom. The van der Waals surface area contributed by atoms with Gasteiger partial charge >= 0.3 is 0 Å². The lowest BCUT2D eigenvalue weighted by Gasteiger charge is -2.14. The molecule has 2 aromatic carbocycles. The van der Waals surface area contributed by atoms with E-state index in [0.717, 1.165) is 5.56 Å². The monoisotopic (exact) mass is 344 g/mol. The van der Waals surface area contributed by atoms with Gasteiger partial charge in [0.25, 0.3) is 11.5 Å². The summed E-state index contributed by atoms with van der Waals surface area (Å²) in [6.07, 6.45) is 0. The first-order valence-corrected chi connectivity index (χ1v) is 8.05. The van der Waals surface area contributed by atoms with Crippen molar-refractivity contribution in [2.75, 3.05) is 0 Å². The predicted octanol–water partition coefficient (Wildman–Crippen LogP) is 2.60. The lowest BCUT2D eigenvalue weighted by molar-refractivity contribution is 0.0933. The van der Waals surface area contributed by atoms with Crippen LogP contribution in [-0.2, 0) is 0 Å². The zero-order valence-corrected chi connectivity index (χ0v) is 14.1. The minimum Gasteiger partial charge on any atom is -0.344 e. The maximum absolute atomic E-state index is 12.5. The third-order valence-electron chi connectivity index (χ3n) is 3.90. The molecular formula is C20H16N4O2. The summed E-state index contributed by atoms with van der Waals surface area (Å²) in [5, 5.41) is 16.0. The Balaban J connectivity index is 1.84. The van der Waals surface area contributed by atoms with Gasteiger partial charge in [-0.05, 0) is 42.8 Å². The smallest absolute Gasteiger partial charge is 0.272 e. The summed E-state index contributed by atoms with van der Waals surface area (Å²) in [6, 6.07) is 20.4. The van der Waals surface area contributed by atoms with E-state index in [0.29, 0.717) is 11.3 Å². The highest BCUT2D eigenvalue weighted by Gasteiger charge is 2.14. The number of carbonyl (C=O) groups is 1. The van der Waals surface area contributed by atoms with Crippen molar-refractivity contribution in [3.63, 3.8) is 0 Å². The maximum Gasteiger partial charge on any atom is 0.272 e. The first-order chi connectivity index (χ1) is 12.6. The Morgan fingerprint density at radius 1 is 1.12 bits per heavy atom. The van der Waals surface area contributed by atoms with Gasteiger partial charge in [0.15, 0.2) is 0 Å². The molecule has 0 saturated heterocycles. The second-order valence-electron chi connectivity index (χ2n) is 5.74. The number of nitrogens with one attached hydrogen (secondary N) is 1. The summed E-state index contributed by atoms with van der Waals surface area (Å²) in [4.78, 5) is 24.6. The number of hydrogen-bond donors (Lipinski definition) is 1. The summed E-state index contributed by atoms with van der Waals surface area (Å²) in [5.41, 5.74) is 1.74. The number of aromatic nitrogens is 2. The quantitative estimate of drug-likeness (QED) is 0.788. The van der Waals surface area contributed by atoms with Gasteiger partial charge < -0.3 is 5.32 Å². The van der Waals surface area contributed by atoms with Crippen LogP contribution in [0.15, 0.2) is 71.5 Å². The van der Waals surface area contributed by atoms with Crippen LogP contribution in [0.25, 0.3) is 5.69 Å². The molecule has 0 saturated carbocycles. The van der Waals surface area contributed by atoms with E-state index < -0.39 is 5.91 Å². The summed E-state index contributed by atoms with van der Waals surface area (Å²) < 4.78 is 1.19. The molecule has 0 aliphatic heterocycles. The van der Waals surface area contributed by atoms with Gasteiger partial charge in [0.05, 0.1) is 23.4 Å².